The number of aromatic nitrogens is 4. The molecule has 0 radical (unpaired) electrons. The highest BCUT2D eigenvalue weighted by atomic mass is 32.2. The lowest BCUT2D eigenvalue weighted by Gasteiger charge is -2.34. The predicted octanol–water partition coefficient (Wildman–Crippen LogP) is 2.82. The Hall–Kier alpha value is -3.45. The fraction of sp³-hybridized carbons (Fsp3) is 0.318. The van der Waals surface area contributed by atoms with Crippen molar-refractivity contribution >= 4 is 27.3 Å². The molecule has 0 aliphatic carbocycles. The van der Waals surface area contributed by atoms with Gasteiger partial charge < -0.3 is 9.62 Å². The van der Waals surface area contributed by atoms with Crippen molar-refractivity contribution in [3.8, 4) is 11.3 Å². The molecule has 3 heterocycles. The van der Waals surface area contributed by atoms with Crippen molar-refractivity contribution in [2.75, 3.05) is 37.2 Å². The fourth-order valence-electron chi connectivity index (χ4n) is 3.81. The second-order valence-electron chi connectivity index (χ2n) is 8.30. The maximum atomic E-state index is 13.8. The van der Waals surface area contributed by atoms with Crippen LogP contribution in [0.4, 0.5) is 23.7 Å². The van der Waals surface area contributed by atoms with Gasteiger partial charge in [-0.05, 0) is 29.6 Å². The second kappa shape index (κ2) is 9.66. The van der Waals surface area contributed by atoms with Crippen LogP contribution in [0.3, 0.4) is 0 Å². The molecule has 1 saturated heterocycles. The van der Waals surface area contributed by atoms with Gasteiger partial charge in [0.1, 0.15) is 0 Å². The Balaban J connectivity index is 1.42. The van der Waals surface area contributed by atoms with E-state index < -0.39 is 21.4 Å². The minimum absolute atomic E-state index is 0.0990. The van der Waals surface area contributed by atoms with Crippen molar-refractivity contribution in [1.29, 1.82) is 0 Å². The molecule has 0 spiro atoms. The Morgan fingerprint density at radius 3 is 2.57 bits per heavy atom. The average Bonchev–Trinajstić information content (AvgIpc) is 3.26. The monoisotopic (exact) mass is 507 g/mol. The highest BCUT2D eigenvalue weighted by Gasteiger charge is 2.34. The van der Waals surface area contributed by atoms with Gasteiger partial charge in [-0.1, -0.05) is 12.1 Å². The summed E-state index contributed by atoms with van der Waals surface area (Å²) in [6, 6.07) is 7.04. The van der Waals surface area contributed by atoms with Crippen LogP contribution in [0.25, 0.3) is 11.3 Å². The summed E-state index contributed by atoms with van der Waals surface area (Å²) < 4.78 is 57.0. The molecule has 1 N–H and O–H groups in total. The molecule has 13 heteroatoms. The Bertz CT molecular complexity index is 1300. The van der Waals surface area contributed by atoms with Gasteiger partial charge in [0.25, 0.3) is 0 Å². The number of alkyl halides is 3. The molecule has 9 nitrogen and oxygen atoms in total. The van der Waals surface area contributed by atoms with Gasteiger partial charge in [-0.2, -0.15) is 33.1 Å². The van der Waals surface area contributed by atoms with Gasteiger partial charge in [-0.15, -0.1) is 0 Å². The first-order valence-electron chi connectivity index (χ1n) is 10.6. The van der Waals surface area contributed by atoms with Gasteiger partial charge in [0, 0.05) is 60.4 Å². The molecule has 1 fully saturated rings. The summed E-state index contributed by atoms with van der Waals surface area (Å²) in [5.74, 6) is 3.50. The molecule has 1 aliphatic rings. The molecule has 4 rings (SSSR count). The second-order valence-corrected chi connectivity index (χ2v) is 10.5. The minimum Gasteiger partial charge on any atom is -0.320 e. The SMILES string of the molecule is C=S(C)(=O)Nc1cnn(C(=O)N2CCN(Cc3ccc(-c4cccnn4)cc3C(F)(F)F)CC2)c1. The first kappa shape index (κ1) is 24.7. The summed E-state index contributed by atoms with van der Waals surface area (Å²) in [5.41, 5.74) is 0.558. The van der Waals surface area contributed by atoms with Crippen molar-refractivity contribution in [1.82, 2.24) is 29.8 Å². The van der Waals surface area contributed by atoms with E-state index >= 15 is 0 Å². The van der Waals surface area contributed by atoms with Crippen LogP contribution < -0.4 is 4.72 Å². The van der Waals surface area contributed by atoms with Gasteiger partial charge in [0.2, 0.25) is 0 Å². The number of anilines is 1. The number of halogens is 3. The van der Waals surface area contributed by atoms with Crippen LogP contribution in [-0.4, -0.2) is 78.3 Å². The third kappa shape index (κ3) is 6.17. The highest BCUT2D eigenvalue weighted by molar-refractivity contribution is 8.00. The van der Waals surface area contributed by atoms with E-state index in [1.165, 1.54) is 30.9 Å². The Labute approximate surface area is 200 Å². The molecule has 0 saturated carbocycles. The third-order valence-electron chi connectivity index (χ3n) is 5.43. The average molecular weight is 508 g/mol. The lowest BCUT2D eigenvalue weighted by Crippen LogP contribution is -2.49. The molecular weight excluding hydrogens is 483 g/mol. The van der Waals surface area contributed by atoms with E-state index in [1.54, 1.807) is 23.1 Å². The van der Waals surface area contributed by atoms with Crippen LogP contribution in [0.1, 0.15) is 11.1 Å². The lowest BCUT2D eigenvalue weighted by molar-refractivity contribution is -0.138. The number of carbonyl (C=O) groups is 1. The largest absolute Gasteiger partial charge is 0.416 e. The molecule has 0 bridgehead atoms. The molecule has 35 heavy (non-hydrogen) atoms. The van der Waals surface area contributed by atoms with Gasteiger partial charge in [0.05, 0.1) is 29.3 Å². The van der Waals surface area contributed by atoms with E-state index in [4.69, 9.17) is 0 Å². The number of amides is 1. The van der Waals surface area contributed by atoms with Crippen LogP contribution in [-0.2, 0) is 22.4 Å². The fourth-order valence-corrected chi connectivity index (χ4v) is 4.41. The smallest absolute Gasteiger partial charge is 0.320 e. The molecular formula is C22H24F3N7O2S. The summed E-state index contributed by atoms with van der Waals surface area (Å²) in [6.07, 6.45) is 1.18. The summed E-state index contributed by atoms with van der Waals surface area (Å²) in [7, 11) is -2.51. The summed E-state index contributed by atoms with van der Waals surface area (Å²) >= 11 is 0. The van der Waals surface area contributed by atoms with Gasteiger partial charge in [-0.3, -0.25) is 4.90 Å². The summed E-state index contributed by atoms with van der Waals surface area (Å²) in [5, 5.41) is 11.6. The molecule has 3 aromatic rings. The van der Waals surface area contributed by atoms with Crippen LogP contribution in [0.15, 0.2) is 48.9 Å². The van der Waals surface area contributed by atoms with Crippen LogP contribution in [0, 0.1) is 0 Å². The predicted molar refractivity (Wildman–Crippen MR) is 127 cm³/mol. The summed E-state index contributed by atoms with van der Waals surface area (Å²) in [4.78, 5) is 16.2. The molecule has 1 aromatic carbocycles. The first-order chi connectivity index (χ1) is 16.5. The molecule has 1 atom stereocenters. The number of benzene rings is 1. The topological polar surface area (TPSA) is 96.2 Å². The maximum absolute atomic E-state index is 13.8. The quantitative estimate of drug-likeness (QED) is 0.534. The number of rotatable bonds is 5. The zero-order valence-electron chi connectivity index (χ0n) is 18.9. The molecule has 2 aromatic heterocycles. The van der Waals surface area contributed by atoms with E-state index in [0.717, 1.165) is 10.7 Å². The van der Waals surface area contributed by atoms with Crippen LogP contribution in [0.2, 0.25) is 0 Å². The Morgan fingerprint density at radius 2 is 1.94 bits per heavy atom. The van der Waals surface area contributed by atoms with Gasteiger partial charge in [-0.25, -0.2) is 9.00 Å². The maximum Gasteiger partial charge on any atom is 0.416 e. The zero-order chi connectivity index (χ0) is 25.2. The Morgan fingerprint density at radius 1 is 1.20 bits per heavy atom. The van der Waals surface area contributed by atoms with Crippen molar-refractivity contribution in [3.63, 3.8) is 0 Å². The van der Waals surface area contributed by atoms with E-state index in [1.807, 2.05) is 4.90 Å². The molecule has 1 amide bonds. The number of piperazine rings is 1. The van der Waals surface area contributed by atoms with Crippen molar-refractivity contribution in [2.24, 2.45) is 0 Å². The van der Waals surface area contributed by atoms with Crippen molar-refractivity contribution in [2.45, 2.75) is 12.7 Å². The standard InChI is InChI=1S/C22H24F3N7O2S/c1-35(2,34)29-18-13-27-32(15-18)21(33)31-10-8-30(9-11-31)14-17-6-5-16(12-19(17)22(23,24)25)20-4-3-7-26-28-20/h3-7,12-13,15H,1,8-11,14H2,2H3,(H,29,34). The Kier molecular flexibility index (Phi) is 6.81. The van der Waals surface area contributed by atoms with Crippen molar-refractivity contribution < 1.29 is 22.2 Å². The highest BCUT2D eigenvalue weighted by Crippen LogP contribution is 2.35. The first-order valence-corrected chi connectivity index (χ1v) is 12.8. The number of nitrogens with zero attached hydrogens (tertiary/aromatic N) is 6. The summed E-state index contributed by atoms with van der Waals surface area (Å²) in [6.45, 7) is 1.58. The molecule has 186 valence electrons. The van der Waals surface area contributed by atoms with E-state index in [0.29, 0.717) is 43.1 Å². The van der Waals surface area contributed by atoms with E-state index in [9.17, 15) is 22.2 Å². The number of hydrogen-bond donors (Lipinski definition) is 1. The van der Waals surface area contributed by atoms with Crippen molar-refractivity contribution in [3.05, 3.63) is 60.0 Å². The minimum atomic E-state index is -4.52. The number of carbonyl (C=O) groups excluding carboxylic acids is 1. The number of hydrogen-bond acceptors (Lipinski definition) is 6. The third-order valence-corrected chi connectivity index (χ3v) is 6.10. The van der Waals surface area contributed by atoms with E-state index in [-0.39, 0.29) is 18.1 Å². The zero-order valence-corrected chi connectivity index (χ0v) is 19.7. The molecule has 1 unspecified atom stereocenters. The van der Waals surface area contributed by atoms with Crippen LogP contribution in [0.5, 0.6) is 0 Å². The van der Waals surface area contributed by atoms with Crippen LogP contribution >= 0.6 is 0 Å². The normalized spacial score (nSPS) is 16.6. The number of nitrogens with one attached hydrogen (secondary N) is 1. The lowest BCUT2D eigenvalue weighted by atomic mass is 10.0. The molecule has 1 aliphatic heterocycles. The van der Waals surface area contributed by atoms with Gasteiger partial charge >= 0.3 is 12.2 Å². The van der Waals surface area contributed by atoms with E-state index in [2.05, 4.69) is 25.9 Å². The van der Waals surface area contributed by atoms with Gasteiger partial charge in [0.15, 0.2) is 0 Å².